The molecule has 62 heavy (non-hydrogen) atoms. The van der Waals surface area contributed by atoms with Gasteiger partial charge in [-0.05, 0) is 151 Å². The summed E-state index contributed by atoms with van der Waals surface area (Å²) in [6.45, 7) is 0. The molecule has 2 unspecified atom stereocenters. The van der Waals surface area contributed by atoms with E-state index in [1.807, 2.05) is 0 Å². The lowest BCUT2D eigenvalue weighted by Gasteiger charge is -2.33. The van der Waals surface area contributed by atoms with Gasteiger partial charge in [0, 0.05) is 46.0 Å². The highest BCUT2D eigenvalue weighted by Gasteiger charge is 2.23. The molecular weight excluding hydrogens is 749 g/mol. The van der Waals surface area contributed by atoms with Crippen molar-refractivity contribution in [2.45, 2.75) is 63.2 Å². The smallest absolute Gasteiger partial charge is 0.0458 e. The third-order valence-corrected chi connectivity index (χ3v) is 13.1. The molecule has 0 spiro atoms. The SMILES string of the molecule is C1=CCC(c2ccc(N(C3=CC=C(C4=CCCC=C4)CC3)c3ccc(C4C=CC(N(C5=CC=C(c6ccccc6)CC5)c5ccc(-c6ccccc6)cc5)=CC4)cc3)cc2)C=C1. The minimum absolute atomic E-state index is 0.307. The van der Waals surface area contributed by atoms with Gasteiger partial charge in [-0.1, -0.05) is 164 Å². The fourth-order valence-corrected chi connectivity index (χ4v) is 9.60. The number of nitrogens with zero attached hydrogens (tertiary/aromatic N) is 2. The molecule has 0 fully saturated rings. The van der Waals surface area contributed by atoms with Gasteiger partial charge in [-0.25, -0.2) is 0 Å². The second-order valence-corrected chi connectivity index (χ2v) is 17.0. The Bertz CT molecular complexity index is 2690. The molecule has 2 heteroatoms. The van der Waals surface area contributed by atoms with Crippen molar-refractivity contribution >= 4 is 22.6 Å². The van der Waals surface area contributed by atoms with Crippen LogP contribution in [0.5, 0.6) is 0 Å². The topological polar surface area (TPSA) is 6.48 Å². The molecule has 5 aliphatic carbocycles. The quantitative estimate of drug-likeness (QED) is 0.131. The van der Waals surface area contributed by atoms with Crippen molar-refractivity contribution in [3.63, 3.8) is 0 Å². The van der Waals surface area contributed by atoms with E-state index < -0.39 is 0 Å². The molecule has 304 valence electrons. The van der Waals surface area contributed by atoms with E-state index >= 15 is 0 Å². The van der Waals surface area contributed by atoms with Gasteiger partial charge in [0.05, 0.1) is 0 Å². The monoisotopic (exact) mass is 802 g/mol. The second kappa shape index (κ2) is 18.4. The van der Waals surface area contributed by atoms with Crippen LogP contribution in [0.1, 0.15) is 79.9 Å². The minimum atomic E-state index is 0.307. The largest absolute Gasteiger partial charge is 0.315 e. The molecule has 0 aromatic heterocycles. The van der Waals surface area contributed by atoms with Gasteiger partial charge in [0.25, 0.3) is 0 Å². The summed E-state index contributed by atoms with van der Waals surface area (Å²) in [5.74, 6) is 0.744. The average molecular weight is 803 g/mol. The average Bonchev–Trinajstić information content (AvgIpc) is 3.36. The zero-order chi connectivity index (χ0) is 41.5. The number of hydrogen-bond acceptors (Lipinski definition) is 2. The van der Waals surface area contributed by atoms with E-state index in [9.17, 15) is 0 Å². The number of anilines is 3. The van der Waals surface area contributed by atoms with Gasteiger partial charge in [-0.2, -0.15) is 0 Å². The van der Waals surface area contributed by atoms with E-state index in [0.717, 1.165) is 51.4 Å². The molecule has 0 amide bonds. The molecule has 10 rings (SSSR count). The Hall–Kier alpha value is -6.90. The maximum absolute atomic E-state index is 2.48. The molecule has 0 saturated heterocycles. The first-order valence-corrected chi connectivity index (χ1v) is 22.6. The summed E-state index contributed by atoms with van der Waals surface area (Å²) in [4.78, 5) is 4.96. The zero-order valence-electron chi connectivity index (χ0n) is 35.5. The highest BCUT2D eigenvalue weighted by atomic mass is 15.2. The normalized spacial score (nSPS) is 19.4. The summed E-state index contributed by atoms with van der Waals surface area (Å²) >= 11 is 0. The summed E-state index contributed by atoms with van der Waals surface area (Å²) in [5.41, 5.74) is 18.2. The van der Waals surface area contributed by atoms with E-state index in [4.69, 9.17) is 0 Å². The molecule has 5 aromatic rings. The highest BCUT2D eigenvalue weighted by molar-refractivity contribution is 5.74. The van der Waals surface area contributed by atoms with Crippen LogP contribution in [0.2, 0.25) is 0 Å². The first-order chi connectivity index (χ1) is 30.7. The number of rotatable bonds is 11. The maximum atomic E-state index is 2.48. The first kappa shape index (κ1) is 39.2. The van der Waals surface area contributed by atoms with Crippen LogP contribution in [-0.2, 0) is 0 Å². The van der Waals surface area contributed by atoms with Crippen molar-refractivity contribution in [1.29, 1.82) is 0 Å². The van der Waals surface area contributed by atoms with Crippen molar-refractivity contribution in [1.82, 2.24) is 0 Å². The van der Waals surface area contributed by atoms with E-state index in [0.29, 0.717) is 11.8 Å². The van der Waals surface area contributed by atoms with Crippen molar-refractivity contribution in [3.8, 4) is 11.1 Å². The lowest BCUT2D eigenvalue weighted by molar-refractivity contribution is 0.827. The van der Waals surface area contributed by atoms with Crippen LogP contribution in [0.25, 0.3) is 16.7 Å². The van der Waals surface area contributed by atoms with Crippen LogP contribution in [0.4, 0.5) is 17.1 Å². The lowest BCUT2D eigenvalue weighted by atomic mass is 9.90. The van der Waals surface area contributed by atoms with Crippen molar-refractivity contribution in [3.05, 3.63) is 263 Å². The van der Waals surface area contributed by atoms with Gasteiger partial charge >= 0.3 is 0 Å². The maximum Gasteiger partial charge on any atom is 0.0458 e. The fraction of sp³-hybridized carbons (Fsp3) is 0.167. The molecular formula is C60H54N2. The predicted octanol–water partition coefficient (Wildman–Crippen LogP) is 16.2. The standard InChI is InChI=1S/C60H54N2/c1-5-13-45(14-6-1)49-21-33-55(34-22-49)61(56-35-23-50(24-36-56)46-15-7-2-8-16-46)59-41-29-53(30-42-59)54-31-43-60(44-32-54)62(57-37-25-51(26-38-57)47-17-9-3-10-18-47)58-39-27-52(28-40-58)48-19-11-4-12-20-48/h1-3,5-11,13-17,19-23,25-27,29,31-35,37-39,41-44,47,53H,4,12,18,24,28,30,36,40H2. The molecule has 2 nitrogen and oxygen atoms in total. The van der Waals surface area contributed by atoms with Crippen LogP contribution < -0.4 is 9.80 Å². The molecule has 0 heterocycles. The number of allylic oxidation sites excluding steroid dienone is 19. The molecule has 0 N–H and O–H groups in total. The fourth-order valence-electron chi connectivity index (χ4n) is 9.60. The van der Waals surface area contributed by atoms with E-state index in [-0.39, 0.29) is 0 Å². The van der Waals surface area contributed by atoms with Gasteiger partial charge in [0.1, 0.15) is 0 Å². The molecule has 5 aliphatic rings. The van der Waals surface area contributed by atoms with Gasteiger partial charge in [-0.15, -0.1) is 0 Å². The van der Waals surface area contributed by atoms with Gasteiger partial charge in [0.2, 0.25) is 0 Å². The van der Waals surface area contributed by atoms with E-state index in [1.54, 1.807) is 0 Å². The Morgan fingerprint density at radius 3 is 1.55 bits per heavy atom. The minimum Gasteiger partial charge on any atom is -0.315 e. The highest BCUT2D eigenvalue weighted by Crippen LogP contribution is 2.40. The third-order valence-electron chi connectivity index (χ3n) is 13.1. The third kappa shape index (κ3) is 8.65. The summed E-state index contributed by atoms with van der Waals surface area (Å²) < 4.78 is 0. The van der Waals surface area contributed by atoms with Crippen molar-refractivity contribution in [2.24, 2.45) is 0 Å². The van der Waals surface area contributed by atoms with E-state index in [2.05, 4.69) is 228 Å². The summed E-state index contributed by atoms with van der Waals surface area (Å²) in [6.07, 6.45) is 40.9. The van der Waals surface area contributed by atoms with Crippen LogP contribution in [0.15, 0.2) is 247 Å². The van der Waals surface area contributed by atoms with Gasteiger partial charge in [-0.3, -0.25) is 0 Å². The Morgan fingerprint density at radius 1 is 0.403 bits per heavy atom. The number of benzene rings is 5. The predicted molar refractivity (Wildman–Crippen MR) is 263 cm³/mol. The van der Waals surface area contributed by atoms with Crippen molar-refractivity contribution < 1.29 is 0 Å². The molecule has 0 saturated carbocycles. The zero-order valence-corrected chi connectivity index (χ0v) is 35.5. The summed E-state index contributed by atoms with van der Waals surface area (Å²) in [7, 11) is 0. The Balaban J connectivity index is 0.914. The molecule has 0 radical (unpaired) electrons. The van der Waals surface area contributed by atoms with Crippen molar-refractivity contribution in [2.75, 3.05) is 9.80 Å². The molecule has 0 bridgehead atoms. The summed E-state index contributed by atoms with van der Waals surface area (Å²) in [5, 5.41) is 0. The van der Waals surface area contributed by atoms with Gasteiger partial charge in [0.15, 0.2) is 0 Å². The van der Waals surface area contributed by atoms with Crippen LogP contribution in [-0.4, -0.2) is 0 Å². The molecule has 5 aromatic carbocycles. The number of hydrogen-bond donors (Lipinski definition) is 0. The van der Waals surface area contributed by atoms with Crippen LogP contribution >= 0.6 is 0 Å². The second-order valence-electron chi connectivity index (χ2n) is 17.0. The molecule has 0 aliphatic heterocycles. The Kier molecular flexibility index (Phi) is 11.6. The lowest BCUT2D eigenvalue weighted by Crippen LogP contribution is -2.23. The first-order valence-electron chi connectivity index (χ1n) is 22.6. The van der Waals surface area contributed by atoms with Gasteiger partial charge < -0.3 is 9.80 Å². The van der Waals surface area contributed by atoms with Crippen LogP contribution in [0, 0.1) is 0 Å². The molecule has 2 atom stereocenters. The van der Waals surface area contributed by atoms with Crippen LogP contribution in [0.3, 0.4) is 0 Å². The Labute approximate surface area is 368 Å². The Morgan fingerprint density at radius 2 is 0.984 bits per heavy atom. The van der Waals surface area contributed by atoms with E-state index in [1.165, 1.54) is 78.7 Å². The summed E-state index contributed by atoms with van der Waals surface area (Å²) in [6, 6.07) is 49.2.